The highest BCUT2D eigenvalue weighted by Crippen LogP contribution is 2.42. The maximum absolute atomic E-state index is 12.2. The molecule has 1 N–H and O–H groups in total. The van der Waals surface area contributed by atoms with E-state index in [-0.39, 0.29) is 23.5 Å². The van der Waals surface area contributed by atoms with Crippen molar-refractivity contribution in [2.75, 3.05) is 13.7 Å². The number of rotatable bonds is 4. The van der Waals surface area contributed by atoms with E-state index in [0.29, 0.717) is 12.3 Å². The topological polar surface area (TPSA) is 76.0 Å². The second-order valence-electron chi connectivity index (χ2n) is 5.77. The van der Waals surface area contributed by atoms with Crippen LogP contribution in [0, 0.1) is 11.3 Å². The first-order chi connectivity index (χ1) is 9.26. The molecule has 0 saturated carbocycles. The number of aliphatic hydroxyl groups is 1. The van der Waals surface area contributed by atoms with Crippen LogP contribution in [0.5, 0.6) is 0 Å². The van der Waals surface area contributed by atoms with Crippen LogP contribution >= 0.6 is 0 Å². The summed E-state index contributed by atoms with van der Waals surface area (Å²) in [5.74, 6) is -1.74. The molecule has 0 aromatic carbocycles. The Balaban J connectivity index is 3.33. The summed E-state index contributed by atoms with van der Waals surface area (Å²) in [5, 5.41) is 10.4. The fourth-order valence-corrected chi connectivity index (χ4v) is 2.56. The van der Waals surface area contributed by atoms with Crippen LogP contribution in [0.3, 0.4) is 0 Å². The van der Waals surface area contributed by atoms with Gasteiger partial charge in [0, 0.05) is 18.7 Å². The van der Waals surface area contributed by atoms with Crippen molar-refractivity contribution < 1.29 is 19.4 Å². The van der Waals surface area contributed by atoms with E-state index in [1.54, 1.807) is 20.8 Å². The van der Waals surface area contributed by atoms with E-state index in [1.165, 1.54) is 7.11 Å². The summed E-state index contributed by atoms with van der Waals surface area (Å²) in [5.41, 5.74) is -0.00470. The molecule has 1 aliphatic rings. The molecule has 0 saturated heterocycles. The first-order valence-corrected chi connectivity index (χ1v) is 6.81. The molecule has 1 rings (SSSR count). The van der Waals surface area contributed by atoms with Crippen LogP contribution < -0.4 is 0 Å². The van der Waals surface area contributed by atoms with Gasteiger partial charge in [0.05, 0.1) is 12.7 Å². The van der Waals surface area contributed by atoms with Gasteiger partial charge in [-0.05, 0) is 18.8 Å². The lowest BCUT2D eigenvalue weighted by Gasteiger charge is -2.36. The molecular formula is C15H23NO4. The molecule has 0 bridgehead atoms. The number of ketones is 1. The van der Waals surface area contributed by atoms with Crippen molar-refractivity contribution >= 4 is 17.5 Å². The van der Waals surface area contributed by atoms with Crippen LogP contribution in [-0.4, -0.2) is 36.2 Å². The van der Waals surface area contributed by atoms with Gasteiger partial charge in [-0.15, -0.1) is 0 Å². The highest BCUT2D eigenvalue weighted by Gasteiger charge is 2.47. The smallest absolute Gasteiger partial charge is 0.316 e. The molecule has 0 radical (unpaired) electrons. The number of carbonyl (C=O) groups excluding carboxylic acids is 2. The third-order valence-corrected chi connectivity index (χ3v) is 3.58. The standard InChI is InChI=1S/C15H23NO4/c1-6-7-16-9(2)11-10(17)8-15(3,4)12(13(11)18)14(19)20-5/h12,18H,6-8H2,1-5H3. The largest absolute Gasteiger partial charge is 0.511 e. The minimum atomic E-state index is -0.827. The minimum absolute atomic E-state index is 0.174. The molecule has 0 fully saturated rings. The van der Waals surface area contributed by atoms with Gasteiger partial charge in [-0.3, -0.25) is 14.6 Å². The zero-order chi connectivity index (χ0) is 15.5. The summed E-state index contributed by atoms with van der Waals surface area (Å²) in [4.78, 5) is 28.4. The zero-order valence-electron chi connectivity index (χ0n) is 12.8. The van der Waals surface area contributed by atoms with E-state index in [0.717, 1.165) is 6.42 Å². The summed E-state index contributed by atoms with van der Waals surface area (Å²) in [7, 11) is 1.28. The van der Waals surface area contributed by atoms with Gasteiger partial charge in [-0.2, -0.15) is 0 Å². The van der Waals surface area contributed by atoms with Crippen LogP contribution in [0.2, 0.25) is 0 Å². The molecule has 1 unspecified atom stereocenters. The Bertz CT molecular complexity index is 474. The zero-order valence-corrected chi connectivity index (χ0v) is 12.8. The molecular weight excluding hydrogens is 258 g/mol. The van der Waals surface area contributed by atoms with Crippen LogP contribution in [0.15, 0.2) is 16.3 Å². The molecule has 20 heavy (non-hydrogen) atoms. The second kappa shape index (κ2) is 6.20. The summed E-state index contributed by atoms with van der Waals surface area (Å²) in [6.07, 6.45) is 1.04. The lowest BCUT2D eigenvalue weighted by atomic mass is 9.68. The molecule has 0 spiro atoms. The molecule has 112 valence electrons. The normalized spacial score (nSPS) is 22.9. The first kappa shape index (κ1) is 16.4. The Hall–Kier alpha value is -1.65. The number of aliphatic hydroxyl groups excluding tert-OH is 1. The van der Waals surface area contributed by atoms with Gasteiger partial charge in [-0.25, -0.2) is 0 Å². The van der Waals surface area contributed by atoms with Gasteiger partial charge in [-0.1, -0.05) is 20.8 Å². The number of ether oxygens (including phenoxy) is 1. The van der Waals surface area contributed by atoms with Crippen molar-refractivity contribution in [1.82, 2.24) is 0 Å². The molecule has 5 heteroatoms. The number of allylic oxidation sites excluding steroid dienone is 1. The third-order valence-electron chi connectivity index (χ3n) is 3.58. The van der Waals surface area contributed by atoms with Crippen LogP contribution in [0.1, 0.15) is 40.5 Å². The van der Waals surface area contributed by atoms with E-state index >= 15 is 0 Å². The predicted octanol–water partition coefficient (Wildman–Crippen LogP) is 2.46. The van der Waals surface area contributed by atoms with E-state index in [1.807, 2.05) is 6.92 Å². The summed E-state index contributed by atoms with van der Waals surface area (Å²) < 4.78 is 4.76. The molecule has 5 nitrogen and oxygen atoms in total. The Morgan fingerprint density at radius 2 is 2.10 bits per heavy atom. The number of nitrogens with zero attached hydrogens (tertiary/aromatic N) is 1. The van der Waals surface area contributed by atoms with Crippen LogP contribution in [-0.2, 0) is 14.3 Å². The summed E-state index contributed by atoms with van der Waals surface area (Å²) in [6.45, 7) is 7.80. The molecule has 0 aliphatic heterocycles. The van der Waals surface area contributed by atoms with E-state index < -0.39 is 17.3 Å². The number of hydrogen-bond donors (Lipinski definition) is 1. The molecule has 0 heterocycles. The highest BCUT2D eigenvalue weighted by molar-refractivity contribution is 6.23. The molecule has 0 amide bonds. The van der Waals surface area contributed by atoms with Crippen molar-refractivity contribution in [3.63, 3.8) is 0 Å². The van der Waals surface area contributed by atoms with Crippen molar-refractivity contribution in [2.24, 2.45) is 16.3 Å². The van der Waals surface area contributed by atoms with Gasteiger partial charge in [0.1, 0.15) is 11.7 Å². The Morgan fingerprint density at radius 3 is 2.60 bits per heavy atom. The van der Waals surface area contributed by atoms with Gasteiger partial charge in [0.15, 0.2) is 5.78 Å². The number of methoxy groups -OCH3 is 1. The quantitative estimate of drug-likeness (QED) is 0.634. The van der Waals surface area contributed by atoms with Gasteiger partial charge < -0.3 is 9.84 Å². The van der Waals surface area contributed by atoms with Crippen molar-refractivity contribution in [1.29, 1.82) is 0 Å². The second-order valence-corrected chi connectivity index (χ2v) is 5.77. The summed E-state index contributed by atoms with van der Waals surface area (Å²) >= 11 is 0. The highest BCUT2D eigenvalue weighted by atomic mass is 16.5. The van der Waals surface area contributed by atoms with Crippen LogP contribution in [0.25, 0.3) is 0 Å². The van der Waals surface area contributed by atoms with E-state index in [9.17, 15) is 14.7 Å². The first-order valence-electron chi connectivity index (χ1n) is 6.81. The van der Waals surface area contributed by atoms with E-state index in [2.05, 4.69) is 4.99 Å². The monoisotopic (exact) mass is 281 g/mol. The number of Topliss-reactive ketones (excluding diaryl/α,β-unsaturated/α-hetero) is 1. The molecule has 1 atom stereocenters. The average Bonchev–Trinajstić information content (AvgIpc) is 2.34. The number of aliphatic imine (C=N–C) groups is 1. The fourth-order valence-electron chi connectivity index (χ4n) is 2.56. The van der Waals surface area contributed by atoms with Crippen molar-refractivity contribution in [3.05, 3.63) is 11.3 Å². The Labute approximate surface area is 119 Å². The Morgan fingerprint density at radius 1 is 1.50 bits per heavy atom. The molecule has 0 aromatic rings. The summed E-state index contributed by atoms with van der Waals surface area (Å²) in [6, 6.07) is 0. The van der Waals surface area contributed by atoms with E-state index in [4.69, 9.17) is 4.74 Å². The average molecular weight is 281 g/mol. The molecule has 0 aromatic heterocycles. The van der Waals surface area contributed by atoms with Gasteiger partial charge >= 0.3 is 5.97 Å². The maximum Gasteiger partial charge on any atom is 0.316 e. The SMILES string of the molecule is CCCN=C(C)C1=C(O)C(C(=O)OC)C(C)(C)CC1=O. The number of carbonyl (C=O) groups is 2. The number of hydrogen-bond acceptors (Lipinski definition) is 5. The Kier molecular flexibility index (Phi) is 5.09. The van der Waals surface area contributed by atoms with Crippen molar-refractivity contribution in [3.8, 4) is 0 Å². The van der Waals surface area contributed by atoms with Crippen molar-refractivity contribution in [2.45, 2.75) is 40.5 Å². The lowest BCUT2D eigenvalue weighted by Crippen LogP contribution is -2.41. The lowest BCUT2D eigenvalue weighted by molar-refractivity contribution is -0.150. The fraction of sp³-hybridized carbons (Fsp3) is 0.667. The molecule has 1 aliphatic carbocycles. The minimum Gasteiger partial charge on any atom is -0.511 e. The predicted molar refractivity (Wildman–Crippen MR) is 76.8 cm³/mol. The van der Waals surface area contributed by atoms with Gasteiger partial charge in [0.2, 0.25) is 0 Å². The maximum atomic E-state index is 12.2. The number of esters is 1. The third kappa shape index (κ3) is 3.08. The van der Waals surface area contributed by atoms with Gasteiger partial charge in [0.25, 0.3) is 0 Å². The van der Waals surface area contributed by atoms with Crippen LogP contribution in [0.4, 0.5) is 0 Å².